The molecule has 2 aromatic rings. The Hall–Kier alpha value is -1.91. The van der Waals surface area contributed by atoms with Gasteiger partial charge in [-0.15, -0.1) is 6.58 Å². The molecule has 0 bridgehead atoms. The van der Waals surface area contributed by atoms with E-state index in [0.717, 1.165) is 41.1 Å². The first kappa shape index (κ1) is 14.4. The van der Waals surface area contributed by atoms with Crippen LogP contribution in [0.3, 0.4) is 0 Å². The van der Waals surface area contributed by atoms with Crippen LogP contribution in [0.25, 0.3) is 10.9 Å². The molecule has 5 unspecified atom stereocenters. The van der Waals surface area contributed by atoms with Crippen LogP contribution in [0.4, 0.5) is 0 Å². The van der Waals surface area contributed by atoms with E-state index in [1.807, 2.05) is 24.3 Å². The van der Waals surface area contributed by atoms with Crippen LogP contribution in [-0.2, 0) is 0 Å². The lowest BCUT2D eigenvalue weighted by molar-refractivity contribution is -0.0656. The van der Waals surface area contributed by atoms with Gasteiger partial charge in [0.2, 0.25) is 0 Å². The molecule has 1 N–H and O–H groups in total. The Labute approximate surface area is 141 Å². The number of ether oxygens (including phenoxy) is 1. The van der Waals surface area contributed by atoms with Crippen molar-refractivity contribution in [3.05, 3.63) is 48.7 Å². The molecular formula is C20H22N2O2. The number of piperidine rings is 1. The minimum absolute atomic E-state index is 0.205. The summed E-state index contributed by atoms with van der Waals surface area (Å²) in [7, 11) is 1.66. The third-order valence-corrected chi connectivity index (χ3v) is 6.62. The van der Waals surface area contributed by atoms with Gasteiger partial charge in [-0.25, -0.2) is 0 Å². The molecule has 4 nitrogen and oxygen atoms in total. The predicted molar refractivity (Wildman–Crippen MR) is 92.9 cm³/mol. The number of hydrogen-bond donors (Lipinski definition) is 1. The van der Waals surface area contributed by atoms with E-state index in [4.69, 9.17) is 4.74 Å². The molecule has 1 saturated carbocycles. The molecule has 3 fully saturated rings. The normalized spacial score (nSPS) is 35.0. The fourth-order valence-corrected chi connectivity index (χ4v) is 5.46. The molecule has 4 heteroatoms. The summed E-state index contributed by atoms with van der Waals surface area (Å²) in [6.07, 6.45) is 5.73. The molecule has 3 aliphatic rings. The molecule has 124 valence electrons. The molecule has 24 heavy (non-hydrogen) atoms. The van der Waals surface area contributed by atoms with Crippen LogP contribution in [-0.4, -0.2) is 40.2 Å². The molecule has 2 saturated heterocycles. The van der Waals surface area contributed by atoms with E-state index >= 15 is 0 Å². The minimum atomic E-state index is -0.488. The van der Waals surface area contributed by atoms with Crippen molar-refractivity contribution in [3.8, 4) is 5.75 Å². The molecule has 1 spiro atoms. The van der Waals surface area contributed by atoms with E-state index in [2.05, 4.69) is 22.5 Å². The summed E-state index contributed by atoms with van der Waals surface area (Å²) in [4.78, 5) is 6.95. The van der Waals surface area contributed by atoms with Crippen LogP contribution in [0.15, 0.2) is 43.1 Å². The highest BCUT2D eigenvalue weighted by molar-refractivity contribution is 5.84. The lowest BCUT2D eigenvalue weighted by Gasteiger charge is -2.50. The monoisotopic (exact) mass is 322 g/mol. The topological polar surface area (TPSA) is 45.6 Å². The number of hydrogen-bond acceptors (Lipinski definition) is 4. The summed E-state index contributed by atoms with van der Waals surface area (Å²) in [5.74, 6) is 2.20. The van der Waals surface area contributed by atoms with E-state index in [-0.39, 0.29) is 6.04 Å². The molecule has 1 aromatic heterocycles. The van der Waals surface area contributed by atoms with Crippen LogP contribution in [0, 0.1) is 11.8 Å². The largest absolute Gasteiger partial charge is 0.497 e. The molecule has 0 amide bonds. The van der Waals surface area contributed by atoms with Gasteiger partial charge < -0.3 is 9.84 Å². The van der Waals surface area contributed by atoms with Crippen LogP contribution >= 0.6 is 0 Å². The van der Waals surface area contributed by atoms with Crippen LogP contribution in [0.5, 0.6) is 5.75 Å². The van der Waals surface area contributed by atoms with Crippen LogP contribution in [0.1, 0.15) is 24.5 Å². The smallest absolute Gasteiger partial charge is 0.119 e. The summed E-state index contributed by atoms with van der Waals surface area (Å²) < 4.78 is 5.35. The van der Waals surface area contributed by atoms with E-state index in [0.29, 0.717) is 11.5 Å². The zero-order chi connectivity index (χ0) is 16.5. The van der Waals surface area contributed by atoms with Crippen LogP contribution < -0.4 is 4.74 Å². The van der Waals surface area contributed by atoms with E-state index in [1.165, 1.54) is 6.42 Å². The Morgan fingerprint density at radius 1 is 1.46 bits per heavy atom. The average molecular weight is 322 g/mol. The second-order valence-corrected chi connectivity index (χ2v) is 7.34. The van der Waals surface area contributed by atoms with Gasteiger partial charge in [0.05, 0.1) is 18.7 Å². The van der Waals surface area contributed by atoms with Gasteiger partial charge in [0.25, 0.3) is 0 Å². The SMILES string of the molecule is C=CC1C2CCN3C(C(O)c4ccnc5ccc(OC)cc45)CC123. The van der Waals surface area contributed by atoms with Gasteiger partial charge in [0.15, 0.2) is 0 Å². The highest BCUT2D eigenvalue weighted by atomic mass is 16.5. The fraction of sp³-hybridized carbons (Fsp3) is 0.450. The summed E-state index contributed by atoms with van der Waals surface area (Å²) in [6.45, 7) is 5.10. The van der Waals surface area contributed by atoms with Crippen molar-refractivity contribution in [1.82, 2.24) is 9.88 Å². The van der Waals surface area contributed by atoms with Crippen molar-refractivity contribution >= 4 is 10.9 Å². The number of aromatic nitrogens is 1. The Morgan fingerprint density at radius 2 is 2.33 bits per heavy atom. The van der Waals surface area contributed by atoms with Crippen molar-refractivity contribution in [3.63, 3.8) is 0 Å². The van der Waals surface area contributed by atoms with Gasteiger partial charge in [-0.05, 0) is 61.1 Å². The predicted octanol–water partition coefficient (Wildman–Crippen LogP) is 2.93. The van der Waals surface area contributed by atoms with Crippen molar-refractivity contribution in [1.29, 1.82) is 0 Å². The van der Waals surface area contributed by atoms with E-state index < -0.39 is 6.10 Å². The molecule has 5 rings (SSSR count). The maximum absolute atomic E-state index is 11.1. The Bertz CT molecular complexity index is 835. The number of aliphatic hydroxyl groups is 1. The third kappa shape index (κ3) is 1.63. The van der Waals surface area contributed by atoms with Gasteiger partial charge in [-0.3, -0.25) is 9.88 Å². The molecule has 3 heterocycles. The zero-order valence-electron chi connectivity index (χ0n) is 13.9. The standard InChI is InChI=1S/C20H22N2O2/c1-3-15-16-7-9-22-18(11-20(15,16)22)19(23)13-6-8-21-17-5-4-12(24-2)10-14(13)17/h3-6,8,10,15-16,18-19,23H,1,7,9,11H2,2H3. The lowest BCUT2D eigenvalue weighted by atomic mass is 9.82. The fourth-order valence-electron chi connectivity index (χ4n) is 5.46. The van der Waals surface area contributed by atoms with Gasteiger partial charge in [0, 0.05) is 23.2 Å². The highest BCUT2D eigenvalue weighted by Gasteiger charge is 2.76. The van der Waals surface area contributed by atoms with Gasteiger partial charge >= 0.3 is 0 Å². The summed E-state index contributed by atoms with van der Waals surface area (Å²) >= 11 is 0. The van der Waals surface area contributed by atoms with Gasteiger partial charge in [-0.2, -0.15) is 0 Å². The first-order valence-corrected chi connectivity index (χ1v) is 8.70. The molecule has 1 aliphatic carbocycles. The second kappa shape index (κ2) is 4.80. The lowest BCUT2D eigenvalue weighted by Crippen LogP contribution is -2.59. The quantitative estimate of drug-likeness (QED) is 0.879. The number of benzene rings is 1. The number of nitrogens with zero attached hydrogens (tertiary/aromatic N) is 2. The van der Waals surface area contributed by atoms with Crippen molar-refractivity contribution in [2.75, 3.05) is 13.7 Å². The maximum Gasteiger partial charge on any atom is 0.119 e. The number of fused-ring (bicyclic) bond motifs is 1. The number of rotatable bonds is 4. The number of pyridine rings is 1. The molecule has 1 aromatic carbocycles. The zero-order valence-corrected chi connectivity index (χ0v) is 13.9. The Morgan fingerprint density at radius 3 is 3.08 bits per heavy atom. The van der Waals surface area contributed by atoms with Gasteiger partial charge in [-0.1, -0.05) is 6.08 Å². The minimum Gasteiger partial charge on any atom is -0.497 e. The molecule has 2 aliphatic heterocycles. The average Bonchev–Trinajstić information content (AvgIpc) is 3.18. The van der Waals surface area contributed by atoms with Crippen molar-refractivity contribution in [2.45, 2.75) is 30.5 Å². The summed E-state index contributed by atoms with van der Waals surface area (Å²) in [6, 6.07) is 7.99. The first-order valence-electron chi connectivity index (χ1n) is 8.70. The number of aliphatic hydroxyl groups excluding tert-OH is 1. The van der Waals surface area contributed by atoms with E-state index in [9.17, 15) is 5.11 Å². The first-order chi connectivity index (χ1) is 11.7. The third-order valence-electron chi connectivity index (χ3n) is 6.62. The van der Waals surface area contributed by atoms with Crippen molar-refractivity contribution in [2.24, 2.45) is 11.8 Å². The number of methoxy groups -OCH3 is 1. The maximum atomic E-state index is 11.1. The highest BCUT2D eigenvalue weighted by Crippen LogP contribution is 2.71. The Balaban J connectivity index is 1.49. The second-order valence-electron chi connectivity index (χ2n) is 7.34. The van der Waals surface area contributed by atoms with Gasteiger partial charge in [0.1, 0.15) is 5.75 Å². The molecular weight excluding hydrogens is 300 g/mol. The van der Waals surface area contributed by atoms with E-state index in [1.54, 1.807) is 13.3 Å². The Kier molecular flexibility index (Phi) is 2.89. The summed E-state index contributed by atoms with van der Waals surface area (Å²) in [5, 5.41) is 12.1. The molecule has 5 atom stereocenters. The molecule has 0 radical (unpaired) electrons. The van der Waals surface area contributed by atoms with Crippen LogP contribution in [0.2, 0.25) is 0 Å². The van der Waals surface area contributed by atoms with Crippen molar-refractivity contribution < 1.29 is 9.84 Å². The summed E-state index contributed by atoms with van der Waals surface area (Å²) in [5.41, 5.74) is 2.18.